The Morgan fingerprint density at radius 1 is 1.08 bits per heavy atom. The van der Waals surface area contributed by atoms with Crippen LogP contribution in [0.5, 0.6) is 5.75 Å². The Hall–Kier alpha value is -3.15. The van der Waals surface area contributed by atoms with Crippen molar-refractivity contribution in [3.05, 3.63) is 60.2 Å². The molecular formula is C20H19NO5. The zero-order valence-corrected chi connectivity index (χ0v) is 14.4. The molecule has 0 aliphatic carbocycles. The van der Waals surface area contributed by atoms with Crippen molar-refractivity contribution >= 4 is 23.3 Å². The quantitative estimate of drug-likeness (QED) is 0.589. The topological polar surface area (TPSA) is 72.9 Å². The van der Waals surface area contributed by atoms with Crippen molar-refractivity contribution in [3.8, 4) is 5.75 Å². The van der Waals surface area contributed by atoms with E-state index >= 15 is 0 Å². The Labute approximate surface area is 151 Å². The maximum atomic E-state index is 12.3. The summed E-state index contributed by atoms with van der Waals surface area (Å²) in [6.45, 7) is -0.125. The number of amides is 1. The van der Waals surface area contributed by atoms with Crippen LogP contribution in [0.25, 0.3) is 0 Å². The molecule has 0 radical (unpaired) electrons. The second-order valence-corrected chi connectivity index (χ2v) is 5.97. The van der Waals surface area contributed by atoms with E-state index in [1.54, 1.807) is 48.5 Å². The number of carbonyl (C=O) groups excluding carboxylic acids is 3. The third kappa shape index (κ3) is 3.74. The third-order valence-corrected chi connectivity index (χ3v) is 4.28. The SMILES string of the molecule is COc1ccccc1N1C[C@@H](C(=O)OCC(=O)c2ccccc2)CC1=O. The summed E-state index contributed by atoms with van der Waals surface area (Å²) in [5.74, 6) is -1.03. The van der Waals surface area contributed by atoms with Gasteiger partial charge in [0.05, 0.1) is 18.7 Å². The molecule has 0 unspecified atom stereocenters. The van der Waals surface area contributed by atoms with Gasteiger partial charge in [0, 0.05) is 18.5 Å². The number of rotatable bonds is 6. The average molecular weight is 353 g/mol. The zero-order valence-electron chi connectivity index (χ0n) is 14.4. The molecule has 0 bridgehead atoms. The van der Waals surface area contributed by atoms with Gasteiger partial charge in [0.2, 0.25) is 5.91 Å². The van der Waals surface area contributed by atoms with Crippen LogP contribution in [0, 0.1) is 5.92 Å². The van der Waals surface area contributed by atoms with E-state index in [1.807, 2.05) is 6.07 Å². The molecule has 2 aromatic rings. The second kappa shape index (κ2) is 7.82. The van der Waals surface area contributed by atoms with Crippen LogP contribution in [-0.2, 0) is 14.3 Å². The fraction of sp³-hybridized carbons (Fsp3) is 0.250. The van der Waals surface area contributed by atoms with Crippen molar-refractivity contribution in [2.75, 3.05) is 25.2 Å². The highest BCUT2D eigenvalue weighted by atomic mass is 16.5. The lowest BCUT2D eigenvalue weighted by molar-refractivity contribution is -0.147. The molecule has 1 saturated heterocycles. The van der Waals surface area contributed by atoms with E-state index in [1.165, 1.54) is 12.0 Å². The second-order valence-electron chi connectivity index (χ2n) is 5.97. The molecule has 0 aromatic heterocycles. The molecule has 2 aromatic carbocycles. The maximum absolute atomic E-state index is 12.3. The monoisotopic (exact) mass is 353 g/mol. The molecule has 1 fully saturated rings. The molecule has 1 heterocycles. The van der Waals surface area contributed by atoms with Crippen molar-refractivity contribution < 1.29 is 23.9 Å². The molecule has 0 spiro atoms. The lowest BCUT2D eigenvalue weighted by Gasteiger charge is -2.19. The number of nitrogens with zero attached hydrogens (tertiary/aromatic N) is 1. The molecule has 0 saturated carbocycles. The molecule has 6 nitrogen and oxygen atoms in total. The molecule has 1 aliphatic rings. The van der Waals surface area contributed by atoms with Crippen LogP contribution in [0.3, 0.4) is 0 Å². The number of benzene rings is 2. The predicted molar refractivity (Wildman–Crippen MR) is 95.2 cm³/mol. The van der Waals surface area contributed by atoms with Gasteiger partial charge < -0.3 is 14.4 Å². The predicted octanol–water partition coefficient (Wildman–Crippen LogP) is 2.47. The number of ketones is 1. The van der Waals surface area contributed by atoms with E-state index in [4.69, 9.17) is 9.47 Å². The number of anilines is 1. The van der Waals surface area contributed by atoms with E-state index in [2.05, 4.69) is 0 Å². The lowest BCUT2D eigenvalue weighted by Crippen LogP contribution is -2.27. The Morgan fingerprint density at radius 2 is 1.77 bits per heavy atom. The van der Waals surface area contributed by atoms with Gasteiger partial charge in [-0.25, -0.2) is 0 Å². The van der Waals surface area contributed by atoms with E-state index < -0.39 is 11.9 Å². The molecule has 1 aliphatic heterocycles. The van der Waals surface area contributed by atoms with Gasteiger partial charge in [-0.1, -0.05) is 42.5 Å². The normalized spacial score (nSPS) is 16.4. The van der Waals surface area contributed by atoms with E-state index in [9.17, 15) is 14.4 Å². The number of hydrogen-bond acceptors (Lipinski definition) is 5. The molecule has 3 rings (SSSR count). The number of methoxy groups -OCH3 is 1. The van der Waals surface area contributed by atoms with Gasteiger partial charge in [-0.05, 0) is 12.1 Å². The Morgan fingerprint density at radius 3 is 2.50 bits per heavy atom. The van der Waals surface area contributed by atoms with Crippen LogP contribution in [0.2, 0.25) is 0 Å². The van der Waals surface area contributed by atoms with Crippen LogP contribution in [0.15, 0.2) is 54.6 Å². The van der Waals surface area contributed by atoms with Gasteiger partial charge in [0.15, 0.2) is 12.4 Å². The number of esters is 1. The van der Waals surface area contributed by atoms with E-state index in [-0.39, 0.29) is 31.3 Å². The summed E-state index contributed by atoms with van der Waals surface area (Å²) in [4.78, 5) is 38.1. The van der Waals surface area contributed by atoms with Crippen LogP contribution in [0.1, 0.15) is 16.8 Å². The Kier molecular flexibility index (Phi) is 5.31. The third-order valence-electron chi connectivity index (χ3n) is 4.28. The number of Topliss-reactive ketones (excluding diaryl/α,β-unsaturated/α-hetero) is 1. The van der Waals surface area contributed by atoms with Gasteiger partial charge >= 0.3 is 5.97 Å². The number of para-hydroxylation sites is 2. The summed E-state index contributed by atoms with van der Waals surface area (Å²) in [6, 6.07) is 15.8. The molecule has 1 atom stereocenters. The van der Waals surface area contributed by atoms with Gasteiger partial charge in [-0.3, -0.25) is 14.4 Å². The number of hydrogen-bond donors (Lipinski definition) is 0. The Bertz CT molecular complexity index is 818. The summed E-state index contributed by atoms with van der Waals surface area (Å²) in [5, 5.41) is 0. The van der Waals surface area contributed by atoms with Crippen LogP contribution in [0.4, 0.5) is 5.69 Å². The summed E-state index contributed by atoms with van der Waals surface area (Å²) in [6.07, 6.45) is 0.0520. The molecule has 26 heavy (non-hydrogen) atoms. The average Bonchev–Trinajstić information content (AvgIpc) is 3.08. The first-order chi connectivity index (χ1) is 12.6. The minimum atomic E-state index is -0.601. The largest absolute Gasteiger partial charge is 0.495 e. The fourth-order valence-corrected chi connectivity index (χ4v) is 2.91. The molecule has 0 N–H and O–H groups in total. The summed E-state index contributed by atoms with van der Waals surface area (Å²) >= 11 is 0. The highest BCUT2D eigenvalue weighted by molar-refractivity contribution is 6.01. The summed E-state index contributed by atoms with van der Waals surface area (Å²) in [7, 11) is 1.53. The molecular weight excluding hydrogens is 334 g/mol. The fourth-order valence-electron chi connectivity index (χ4n) is 2.91. The van der Waals surface area contributed by atoms with Crippen molar-refractivity contribution in [2.24, 2.45) is 5.92 Å². The van der Waals surface area contributed by atoms with Crippen LogP contribution in [-0.4, -0.2) is 37.9 Å². The standard InChI is InChI=1S/C20H19NO5/c1-25-18-10-6-5-9-16(18)21-12-15(11-19(21)23)20(24)26-13-17(22)14-7-3-2-4-8-14/h2-10,15H,11-13H2,1H3/t15-/m0/s1. The number of ether oxygens (including phenoxy) is 2. The lowest BCUT2D eigenvalue weighted by atomic mass is 10.1. The number of carbonyl (C=O) groups is 3. The van der Waals surface area contributed by atoms with Gasteiger partial charge in [-0.2, -0.15) is 0 Å². The Balaban J connectivity index is 1.61. The minimum absolute atomic E-state index is 0.0520. The maximum Gasteiger partial charge on any atom is 0.311 e. The smallest absolute Gasteiger partial charge is 0.311 e. The van der Waals surface area contributed by atoms with Gasteiger partial charge in [0.1, 0.15) is 5.75 Å². The first kappa shape index (κ1) is 17.7. The van der Waals surface area contributed by atoms with Crippen LogP contribution >= 0.6 is 0 Å². The van der Waals surface area contributed by atoms with Gasteiger partial charge in [0.25, 0.3) is 0 Å². The molecule has 134 valence electrons. The highest BCUT2D eigenvalue weighted by Gasteiger charge is 2.37. The van der Waals surface area contributed by atoms with E-state index in [0.717, 1.165) is 0 Å². The van der Waals surface area contributed by atoms with E-state index in [0.29, 0.717) is 17.0 Å². The minimum Gasteiger partial charge on any atom is -0.495 e. The van der Waals surface area contributed by atoms with Crippen molar-refractivity contribution in [3.63, 3.8) is 0 Å². The van der Waals surface area contributed by atoms with Crippen molar-refractivity contribution in [2.45, 2.75) is 6.42 Å². The summed E-state index contributed by atoms with van der Waals surface area (Å²) in [5.41, 5.74) is 1.11. The molecule has 6 heteroatoms. The van der Waals surface area contributed by atoms with Gasteiger partial charge in [-0.15, -0.1) is 0 Å². The zero-order chi connectivity index (χ0) is 18.5. The summed E-state index contributed by atoms with van der Waals surface area (Å²) < 4.78 is 10.4. The van der Waals surface area contributed by atoms with Crippen molar-refractivity contribution in [1.29, 1.82) is 0 Å². The first-order valence-electron chi connectivity index (χ1n) is 8.28. The molecule has 1 amide bonds. The highest BCUT2D eigenvalue weighted by Crippen LogP contribution is 2.33. The first-order valence-corrected chi connectivity index (χ1v) is 8.28. The van der Waals surface area contributed by atoms with Crippen LogP contribution < -0.4 is 9.64 Å². The van der Waals surface area contributed by atoms with Crippen molar-refractivity contribution in [1.82, 2.24) is 0 Å².